The second-order valence-corrected chi connectivity index (χ2v) is 10.6. The molecule has 1 aliphatic heterocycles. The van der Waals surface area contributed by atoms with E-state index in [1.807, 2.05) is 0 Å². The van der Waals surface area contributed by atoms with E-state index in [0.29, 0.717) is 23.2 Å². The average molecular weight is 495 g/mol. The molecule has 0 amide bonds. The maximum atomic E-state index is 13.2. The number of nitrogens with zero attached hydrogens (tertiary/aromatic N) is 1. The molecule has 4 rings (SSSR count). The molecule has 0 saturated carbocycles. The number of anilines is 1. The first kappa shape index (κ1) is 23.0. The lowest BCUT2D eigenvalue weighted by Gasteiger charge is -2.18. The number of halogens is 3. The van der Waals surface area contributed by atoms with E-state index in [1.54, 1.807) is 18.2 Å². The topological polar surface area (TPSA) is 98.5 Å². The van der Waals surface area contributed by atoms with Gasteiger partial charge < -0.3 is 10.5 Å². The fourth-order valence-electron chi connectivity index (χ4n) is 3.62. The van der Waals surface area contributed by atoms with Crippen molar-refractivity contribution < 1.29 is 31.5 Å². The van der Waals surface area contributed by atoms with Gasteiger partial charge in [-0.3, -0.25) is 9.10 Å². The number of sulfonamides is 1. The number of carboxylic acid groups (broad SMARTS) is 1. The molecule has 0 spiro atoms. The zero-order chi connectivity index (χ0) is 24.0. The Morgan fingerprint density at radius 3 is 2.36 bits per heavy atom. The number of rotatable bonds is 6. The summed E-state index contributed by atoms with van der Waals surface area (Å²) in [6.07, 6.45) is -4.48. The van der Waals surface area contributed by atoms with Gasteiger partial charge in [0.2, 0.25) is 0 Å². The van der Waals surface area contributed by atoms with E-state index in [0.717, 1.165) is 29.0 Å². The summed E-state index contributed by atoms with van der Waals surface area (Å²) in [6, 6.07) is 12.6. The standard InChI is InChI=1S/C22H17F3N2O4S2/c23-22(24,25)16-4-1-13(2-5-16)14-3-6-18-15(11-14)9-10-27(18)33(30,31)21-8-7-19(32-21)17(26)12-20(28)29/h1-8,11,26H,9-10,12H2,(H,28,29). The second-order valence-electron chi connectivity index (χ2n) is 7.41. The maximum Gasteiger partial charge on any atom is 0.416 e. The number of carboxylic acids is 1. The largest absolute Gasteiger partial charge is 0.481 e. The van der Waals surface area contributed by atoms with Gasteiger partial charge in [-0.2, -0.15) is 13.2 Å². The number of alkyl halides is 3. The third-order valence-corrected chi connectivity index (χ3v) is 8.65. The van der Waals surface area contributed by atoms with E-state index in [9.17, 15) is 26.4 Å². The predicted molar refractivity (Wildman–Crippen MR) is 119 cm³/mol. The average Bonchev–Trinajstić information content (AvgIpc) is 3.40. The van der Waals surface area contributed by atoms with Crippen LogP contribution in [0, 0.1) is 5.41 Å². The Morgan fingerprint density at radius 2 is 1.73 bits per heavy atom. The first-order valence-electron chi connectivity index (χ1n) is 9.69. The molecule has 6 nitrogen and oxygen atoms in total. The third kappa shape index (κ3) is 4.51. The van der Waals surface area contributed by atoms with Gasteiger partial charge in [-0.1, -0.05) is 18.2 Å². The lowest BCUT2D eigenvalue weighted by atomic mass is 10.0. The molecule has 2 heterocycles. The highest BCUT2D eigenvalue weighted by Gasteiger charge is 2.33. The smallest absolute Gasteiger partial charge is 0.416 e. The van der Waals surface area contributed by atoms with E-state index in [2.05, 4.69) is 0 Å². The Morgan fingerprint density at radius 1 is 1.06 bits per heavy atom. The molecular formula is C22H17F3N2O4S2. The van der Waals surface area contributed by atoms with Crippen LogP contribution in [0.25, 0.3) is 11.1 Å². The second kappa shape index (κ2) is 8.31. The van der Waals surface area contributed by atoms with Crippen LogP contribution in [-0.2, 0) is 27.4 Å². The zero-order valence-corrected chi connectivity index (χ0v) is 18.5. The van der Waals surface area contributed by atoms with E-state index < -0.39 is 34.2 Å². The minimum Gasteiger partial charge on any atom is -0.481 e. The van der Waals surface area contributed by atoms with Gasteiger partial charge >= 0.3 is 12.1 Å². The van der Waals surface area contributed by atoms with Crippen molar-refractivity contribution in [1.82, 2.24) is 0 Å². The van der Waals surface area contributed by atoms with Crippen molar-refractivity contribution in [2.24, 2.45) is 0 Å². The number of fused-ring (bicyclic) bond motifs is 1. The van der Waals surface area contributed by atoms with Crippen molar-refractivity contribution in [3.05, 3.63) is 70.6 Å². The summed E-state index contributed by atoms with van der Waals surface area (Å²) in [5, 5.41) is 16.7. The molecular weight excluding hydrogens is 477 g/mol. The maximum absolute atomic E-state index is 13.2. The molecule has 2 aromatic carbocycles. The molecule has 1 aliphatic rings. The van der Waals surface area contributed by atoms with E-state index in [-0.39, 0.29) is 21.3 Å². The third-order valence-electron chi connectivity index (χ3n) is 5.23. The highest BCUT2D eigenvalue weighted by Crippen LogP contribution is 2.38. The fourth-order valence-corrected chi connectivity index (χ4v) is 6.49. The lowest BCUT2D eigenvalue weighted by molar-refractivity contribution is -0.137. The Kier molecular flexibility index (Phi) is 5.79. The monoisotopic (exact) mass is 494 g/mol. The van der Waals surface area contributed by atoms with Gasteiger partial charge in [0, 0.05) is 11.4 Å². The number of thiophene rings is 1. The number of benzene rings is 2. The quantitative estimate of drug-likeness (QED) is 0.470. The highest BCUT2D eigenvalue weighted by atomic mass is 32.2. The van der Waals surface area contributed by atoms with Gasteiger partial charge in [0.15, 0.2) is 0 Å². The summed E-state index contributed by atoms with van der Waals surface area (Å²) in [6.45, 7) is 0.202. The SMILES string of the molecule is N=C(CC(=O)O)c1ccc(S(=O)(=O)N2CCc3cc(-c4ccc(C(F)(F)F)cc4)ccc32)s1. The van der Waals surface area contributed by atoms with Gasteiger partial charge in [0.1, 0.15) is 4.21 Å². The van der Waals surface area contributed by atoms with Gasteiger partial charge in [-0.05, 0) is 59.5 Å². The number of hydrogen-bond donors (Lipinski definition) is 2. The molecule has 0 radical (unpaired) electrons. The van der Waals surface area contributed by atoms with Crippen molar-refractivity contribution >= 4 is 38.7 Å². The van der Waals surface area contributed by atoms with Gasteiger partial charge in [-0.25, -0.2) is 8.42 Å². The predicted octanol–water partition coefficient (Wildman–Crippen LogP) is 5.03. The van der Waals surface area contributed by atoms with Crippen molar-refractivity contribution in [1.29, 1.82) is 5.41 Å². The van der Waals surface area contributed by atoms with Crippen LogP contribution in [-0.4, -0.2) is 31.8 Å². The normalized spacial score (nSPS) is 13.7. The van der Waals surface area contributed by atoms with Crippen LogP contribution in [0.15, 0.2) is 58.8 Å². The molecule has 33 heavy (non-hydrogen) atoms. The van der Waals surface area contributed by atoms with Crippen LogP contribution < -0.4 is 4.31 Å². The molecule has 2 N–H and O–H groups in total. The fraction of sp³-hybridized carbons (Fsp3) is 0.182. The van der Waals surface area contributed by atoms with E-state index in [1.165, 1.54) is 28.6 Å². The Balaban J connectivity index is 1.59. The molecule has 3 aromatic rings. The summed E-state index contributed by atoms with van der Waals surface area (Å²) in [5.41, 5.74) is 1.61. The van der Waals surface area contributed by atoms with Crippen molar-refractivity contribution in [2.45, 2.75) is 23.2 Å². The number of aliphatic carboxylic acids is 1. The lowest BCUT2D eigenvalue weighted by Crippen LogP contribution is -2.28. The van der Waals surface area contributed by atoms with E-state index in [4.69, 9.17) is 10.5 Å². The molecule has 0 fully saturated rings. The van der Waals surface area contributed by atoms with Crippen LogP contribution in [0.2, 0.25) is 0 Å². The Hall–Kier alpha value is -3.18. The van der Waals surface area contributed by atoms with Gasteiger partial charge in [0.05, 0.1) is 23.4 Å². The Bertz CT molecular complexity index is 1350. The highest BCUT2D eigenvalue weighted by molar-refractivity contribution is 7.94. The minimum atomic E-state index is -4.42. The molecule has 0 aliphatic carbocycles. The molecule has 0 unspecified atom stereocenters. The molecule has 1 aromatic heterocycles. The summed E-state index contributed by atoms with van der Waals surface area (Å²) in [7, 11) is -3.91. The van der Waals surface area contributed by atoms with Crippen LogP contribution in [0.1, 0.15) is 22.4 Å². The number of nitrogens with one attached hydrogen (secondary N) is 1. The summed E-state index contributed by atoms with van der Waals surface area (Å²) >= 11 is 0.845. The summed E-state index contributed by atoms with van der Waals surface area (Å²) in [5.74, 6) is -1.17. The van der Waals surface area contributed by atoms with E-state index >= 15 is 0 Å². The molecule has 0 saturated heterocycles. The van der Waals surface area contributed by atoms with Crippen molar-refractivity contribution in [3.8, 4) is 11.1 Å². The van der Waals surface area contributed by atoms with Crippen LogP contribution in [0.3, 0.4) is 0 Å². The summed E-state index contributed by atoms with van der Waals surface area (Å²) in [4.78, 5) is 11.1. The number of hydrogen-bond acceptors (Lipinski definition) is 5. The molecule has 0 atom stereocenters. The number of carbonyl (C=O) groups is 1. The van der Waals surface area contributed by atoms with Crippen LogP contribution in [0.4, 0.5) is 18.9 Å². The zero-order valence-electron chi connectivity index (χ0n) is 16.9. The van der Waals surface area contributed by atoms with Gasteiger partial charge in [-0.15, -0.1) is 11.3 Å². The molecule has 0 bridgehead atoms. The summed E-state index contributed by atoms with van der Waals surface area (Å²) < 4.78 is 66.0. The first-order valence-corrected chi connectivity index (χ1v) is 12.0. The molecule has 172 valence electrons. The van der Waals surface area contributed by atoms with Crippen LogP contribution in [0.5, 0.6) is 0 Å². The van der Waals surface area contributed by atoms with Crippen molar-refractivity contribution in [3.63, 3.8) is 0 Å². The van der Waals surface area contributed by atoms with Crippen LogP contribution >= 0.6 is 11.3 Å². The Labute approximate surface area is 191 Å². The molecule has 11 heteroatoms. The minimum absolute atomic E-state index is 0.00676. The van der Waals surface area contributed by atoms with Gasteiger partial charge in [0.25, 0.3) is 10.0 Å². The van der Waals surface area contributed by atoms with Crippen molar-refractivity contribution in [2.75, 3.05) is 10.8 Å². The first-order chi connectivity index (χ1) is 15.5.